The molecular formula is C17H19N4O2. The maximum atomic E-state index is 12.8. The molecule has 23 heavy (non-hydrogen) atoms. The normalized spacial score (nSPS) is 16.9. The Bertz CT molecular complexity index is 763. The number of aromatic nitrogens is 2. The molecule has 2 amide bonds. The van der Waals surface area contributed by atoms with E-state index in [-0.39, 0.29) is 17.8 Å². The van der Waals surface area contributed by atoms with Crippen molar-refractivity contribution in [2.45, 2.75) is 38.3 Å². The van der Waals surface area contributed by atoms with Crippen molar-refractivity contribution in [3.63, 3.8) is 0 Å². The fraction of sp³-hybridized carbons (Fsp3) is 0.353. The molecule has 1 atom stereocenters. The van der Waals surface area contributed by atoms with Crippen molar-refractivity contribution >= 4 is 11.8 Å². The molecule has 1 aromatic carbocycles. The van der Waals surface area contributed by atoms with Gasteiger partial charge in [0.15, 0.2) is 5.82 Å². The van der Waals surface area contributed by atoms with E-state index >= 15 is 0 Å². The lowest BCUT2D eigenvalue weighted by Gasteiger charge is -2.28. The minimum absolute atomic E-state index is 0.0116. The fourth-order valence-electron chi connectivity index (χ4n) is 3.01. The number of nitrogens with zero attached hydrogens (tertiary/aromatic N) is 2. The summed E-state index contributed by atoms with van der Waals surface area (Å²) in [7, 11) is 0. The van der Waals surface area contributed by atoms with Crippen LogP contribution in [0.3, 0.4) is 0 Å². The first-order valence-electron chi connectivity index (χ1n) is 7.55. The lowest BCUT2D eigenvalue weighted by molar-refractivity contribution is -0.129. The third-order valence-corrected chi connectivity index (χ3v) is 4.40. The molecule has 1 aromatic heterocycles. The Kier molecular flexibility index (Phi) is 3.67. The van der Waals surface area contributed by atoms with Gasteiger partial charge in [-0.3, -0.25) is 9.59 Å². The van der Waals surface area contributed by atoms with Crippen LogP contribution in [0.25, 0.3) is 0 Å². The van der Waals surface area contributed by atoms with Crippen molar-refractivity contribution in [2.75, 3.05) is 0 Å². The molecule has 1 unspecified atom stereocenters. The molecule has 0 saturated heterocycles. The van der Waals surface area contributed by atoms with E-state index in [1.54, 1.807) is 13.8 Å². The average Bonchev–Trinajstić information content (AvgIpc) is 3.15. The zero-order chi connectivity index (χ0) is 16.6. The van der Waals surface area contributed by atoms with Gasteiger partial charge in [0.1, 0.15) is 11.7 Å². The van der Waals surface area contributed by atoms with E-state index in [9.17, 15) is 9.59 Å². The van der Waals surface area contributed by atoms with Crippen LogP contribution < -0.4 is 11.1 Å². The summed E-state index contributed by atoms with van der Waals surface area (Å²) < 4.78 is 1.46. The first-order chi connectivity index (χ1) is 10.9. The van der Waals surface area contributed by atoms with Gasteiger partial charge in [-0.05, 0) is 37.8 Å². The lowest BCUT2D eigenvalue weighted by Crippen LogP contribution is -2.46. The van der Waals surface area contributed by atoms with E-state index in [0.29, 0.717) is 0 Å². The molecule has 6 heteroatoms. The summed E-state index contributed by atoms with van der Waals surface area (Å²) in [5, 5.41) is 3.08. The van der Waals surface area contributed by atoms with Crippen LogP contribution in [0.1, 0.15) is 48.1 Å². The summed E-state index contributed by atoms with van der Waals surface area (Å²) in [6, 6.07) is 8.10. The van der Waals surface area contributed by atoms with Gasteiger partial charge in [0.05, 0.1) is 6.04 Å². The van der Waals surface area contributed by atoms with Gasteiger partial charge in [-0.2, -0.15) is 0 Å². The molecule has 1 radical (unpaired) electrons. The van der Waals surface area contributed by atoms with Crippen LogP contribution in [0, 0.1) is 6.20 Å². The van der Waals surface area contributed by atoms with E-state index in [4.69, 9.17) is 5.73 Å². The summed E-state index contributed by atoms with van der Waals surface area (Å²) in [5.74, 6) is -0.844. The minimum atomic E-state index is -0.991. The smallest absolute Gasteiger partial charge is 0.284 e. The average molecular weight is 311 g/mol. The number of carbonyl (C=O) groups is 2. The zero-order valence-electron chi connectivity index (χ0n) is 13.2. The summed E-state index contributed by atoms with van der Waals surface area (Å²) in [4.78, 5) is 28.0. The summed E-state index contributed by atoms with van der Waals surface area (Å²) in [6.07, 6.45) is 5.88. The summed E-state index contributed by atoms with van der Waals surface area (Å²) in [6.45, 7) is 3.45. The fourth-order valence-corrected chi connectivity index (χ4v) is 3.01. The number of hydrogen-bond acceptors (Lipinski definition) is 3. The Hall–Kier alpha value is -2.63. The second-order valence-electron chi connectivity index (χ2n) is 6.25. The predicted octanol–water partition coefficient (Wildman–Crippen LogP) is 1.32. The highest BCUT2D eigenvalue weighted by Gasteiger charge is 2.35. The minimum Gasteiger partial charge on any atom is -0.363 e. The predicted molar refractivity (Wildman–Crippen MR) is 84.5 cm³/mol. The first-order valence-corrected chi connectivity index (χ1v) is 7.55. The Morgan fingerprint density at radius 2 is 2.13 bits per heavy atom. The Balaban J connectivity index is 1.83. The highest BCUT2D eigenvalue weighted by Crippen LogP contribution is 2.31. The van der Waals surface area contributed by atoms with Gasteiger partial charge in [0, 0.05) is 6.20 Å². The number of rotatable bonds is 4. The zero-order valence-corrected chi connectivity index (χ0v) is 13.2. The van der Waals surface area contributed by atoms with Crippen molar-refractivity contribution in [2.24, 2.45) is 5.73 Å². The second kappa shape index (κ2) is 5.53. The second-order valence-corrected chi connectivity index (χ2v) is 6.25. The van der Waals surface area contributed by atoms with Gasteiger partial charge in [-0.25, -0.2) is 4.98 Å². The van der Waals surface area contributed by atoms with Gasteiger partial charge in [0.25, 0.3) is 5.91 Å². The number of primary amides is 1. The van der Waals surface area contributed by atoms with Crippen molar-refractivity contribution in [1.29, 1.82) is 0 Å². The van der Waals surface area contributed by atoms with E-state index in [0.717, 1.165) is 18.4 Å². The SMILES string of the molecule is CC(C)(C(=O)NC1CCc2ccccc21)n1c[c]nc1C(N)=O. The third-order valence-electron chi connectivity index (χ3n) is 4.40. The molecule has 3 rings (SSSR count). The monoisotopic (exact) mass is 311 g/mol. The molecule has 1 heterocycles. The number of nitrogens with one attached hydrogen (secondary N) is 1. The van der Waals surface area contributed by atoms with Crippen LogP contribution in [0.2, 0.25) is 0 Å². The van der Waals surface area contributed by atoms with E-state index in [1.165, 1.54) is 16.3 Å². The molecule has 6 nitrogen and oxygen atoms in total. The van der Waals surface area contributed by atoms with Gasteiger partial charge >= 0.3 is 0 Å². The highest BCUT2D eigenvalue weighted by molar-refractivity contribution is 5.91. The number of hydrogen-bond donors (Lipinski definition) is 2. The maximum absolute atomic E-state index is 12.8. The molecule has 2 aromatic rings. The first kappa shape index (κ1) is 15.3. The van der Waals surface area contributed by atoms with Crippen molar-refractivity contribution in [3.05, 3.63) is 53.6 Å². The van der Waals surface area contributed by atoms with Gasteiger partial charge in [-0.15, -0.1) is 0 Å². The number of fused-ring (bicyclic) bond motifs is 1. The van der Waals surface area contributed by atoms with E-state index in [2.05, 4.69) is 22.6 Å². The van der Waals surface area contributed by atoms with Crippen LogP contribution in [0.5, 0.6) is 0 Å². The topological polar surface area (TPSA) is 90.0 Å². The molecule has 0 spiro atoms. The number of benzene rings is 1. The van der Waals surface area contributed by atoms with Crippen LogP contribution >= 0.6 is 0 Å². The molecule has 0 bridgehead atoms. The van der Waals surface area contributed by atoms with Crippen LogP contribution in [0.4, 0.5) is 0 Å². The molecule has 1 aliphatic rings. The van der Waals surface area contributed by atoms with Gasteiger partial charge in [-0.1, -0.05) is 24.3 Å². The molecule has 1 aliphatic carbocycles. The largest absolute Gasteiger partial charge is 0.363 e. The van der Waals surface area contributed by atoms with Crippen LogP contribution in [0.15, 0.2) is 30.5 Å². The molecule has 3 N–H and O–H groups in total. The molecule has 0 fully saturated rings. The number of nitrogens with two attached hydrogens (primary N) is 1. The van der Waals surface area contributed by atoms with Crippen LogP contribution in [-0.4, -0.2) is 21.4 Å². The van der Waals surface area contributed by atoms with Crippen LogP contribution in [-0.2, 0) is 16.8 Å². The summed E-state index contributed by atoms with van der Waals surface area (Å²) in [5.41, 5.74) is 6.74. The lowest BCUT2D eigenvalue weighted by atomic mass is 10.0. The summed E-state index contributed by atoms with van der Waals surface area (Å²) >= 11 is 0. The number of aryl methyl sites for hydroxylation is 1. The Morgan fingerprint density at radius 3 is 2.87 bits per heavy atom. The van der Waals surface area contributed by atoms with E-state index in [1.807, 2.05) is 18.2 Å². The molecule has 0 saturated carbocycles. The number of amides is 2. The van der Waals surface area contributed by atoms with Crippen molar-refractivity contribution < 1.29 is 9.59 Å². The van der Waals surface area contributed by atoms with Gasteiger partial charge in [0.2, 0.25) is 5.91 Å². The quantitative estimate of drug-likeness (QED) is 0.892. The number of carbonyl (C=O) groups excluding carboxylic acids is 2. The molecule has 119 valence electrons. The van der Waals surface area contributed by atoms with E-state index < -0.39 is 11.4 Å². The molecular weight excluding hydrogens is 292 g/mol. The maximum Gasteiger partial charge on any atom is 0.284 e. The van der Waals surface area contributed by atoms with Gasteiger partial charge < -0.3 is 15.6 Å². The standard InChI is InChI=1S/C17H19N4O2/c1-17(2,21-10-9-19-15(21)14(18)22)16(23)20-13-8-7-11-5-3-4-6-12(11)13/h3-6,10,13H,7-8H2,1-2H3,(H2,18,22)(H,20,23). The molecule has 0 aliphatic heterocycles. The van der Waals surface area contributed by atoms with Crippen molar-refractivity contribution in [3.8, 4) is 0 Å². The Labute approximate surface area is 134 Å². The highest BCUT2D eigenvalue weighted by atomic mass is 16.2. The third kappa shape index (κ3) is 2.60. The number of imidazole rings is 1. The van der Waals surface area contributed by atoms with Crippen molar-refractivity contribution in [1.82, 2.24) is 14.9 Å². The Morgan fingerprint density at radius 1 is 1.39 bits per heavy atom.